The first-order chi connectivity index (χ1) is 10.2. The van der Waals surface area contributed by atoms with Gasteiger partial charge in [0.2, 0.25) is 5.91 Å². The third kappa shape index (κ3) is 3.40. The summed E-state index contributed by atoms with van der Waals surface area (Å²) in [5, 5.41) is 0. The Morgan fingerprint density at radius 1 is 1.33 bits per heavy atom. The molecule has 0 saturated heterocycles. The summed E-state index contributed by atoms with van der Waals surface area (Å²) in [6.07, 6.45) is 6.61. The highest BCUT2D eigenvalue weighted by Crippen LogP contribution is 2.14. The van der Waals surface area contributed by atoms with E-state index in [1.807, 2.05) is 35.7 Å². The Morgan fingerprint density at radius 3 is 2.71 bits per heavy atom. The van der Waals surface area contributed by atoms with E-state index in [2.05, 4.69) is 18.1 Å². The van der Waals surface area contributed by atoms with Crippen LogP contribution in [0, 0.1) is 6.92 Å². The molecule has 2 aromatic heterocycles. The number of nitrogens with zero attached hydrogens (tertiary/aromatic N) is 3. The number of aryl methyl sites for hydroxylation is 2. The lowest BCUT2D eigenvalue weighted by Gasteiger charge is -2.19. The second-order valence-corrected chi connectivity index (χ2v) is 4.95. The summed E-state index contributed by atoms with van der Waals surface area (Å²) in [5.74, 6) is 0.111. The molecule has 21 heavy (non-hydrogen) atoms. The first-order valence-electron chi connectivity index (χ1n) is 7.09. The number of hydrogen-bond acceptors (Lipinski definition) is 2. The normalized spacial score (nSPS) is 10.5. The van der Waals surface area contributed by atoms with Gasteiger partial charge in [-0.25, -0.2) is 4.98 Å². The predicted octanol–water partition coefficient (Wildman–Crippen LogP) is 2.78. The minimum atomic E-state index is 0.111. The maximum absolute atomic E-state index is 12.3. The number of rotatable bonds is 7. The van der Waals surface area contributed by atoms with E-state index in [9.17, 15) is 4.79 Å². The molecule has 0 aliphatic carbocycles. The van der Waals surface area contributed by atoms with Gasteiger partial charge in [0, 0.05) is 31.4 Å². The third-order valence-corrected chi connectivity index (χ3v) is 3.46. The van der Waals surface area contributed by atoms with Crippen LogP contribution >= 0.6 is 0 Å². The van der Waals surface area contributed by atoms with Crippen LogP contribution < -0.4 is 0 Å². The monoisotopic (exact) mass is 283 g/mol. The van der Waals surface area contributed by atoms with E-state index in [1.165, 1.54) is 0 Å². The molecule has 0 saturated carbocycles. The van der Waals surface area contributed by atoms with E-state index in [0.29, 0.717) is 25.9 Å². The number of carbonyl (C=O) groups is 1. The van der Waals surface area contributed by atoms with Crippen molar-refractivity contribution in [1.82, 2.24) is 14.3 Å². The minimum absolute atomic E-state index is 0.111. The van der Waals surface area contributed by atoms with Gasteiger partial charge in [-0.2, -0.15) is 0 Å². The molecular weight excluding hydrogens is 262 g/mol. The number of fused-ring (bicyclic) bond motifs is 1. The smallest absolute Gasteiger partial charge is 0.223 e. The summed E-state index contributed by atoms with van der Waals surface area (Å²) >= 11 is 0. The number of aromatic nitrogens is 2. The lowest BCUT2D eigenvalue weighted by atomic mass is 10.2. The zero-order valence-electron chi connectivity index (χ0n) is 12.5. The van der Waals surface area contributed by atoms with Crippen LogP contribution in [-0.4, -0.2) is 33.3 Å². The van der Waals surface area contributed by atoms with Crippen molar-refractivity contribution < 1.29 is 4.79 Å². The van der Waals surface area contributed by atoms with Gasteiger partial charge in [0.1, 0.15) is 5.65 Å². The van der Waals surface area contributed by atoms with Gasteiger partial charge >= 0.3 is 0 Å². The van der Waals surface area contributed by atoms with E-state index in [4.69, 9.17) is 0 Å². The molecule has 1 amide bonds. The molecule has 0 atom stereocenters. The molecule has 0 fully saturated rings. The van der Waals surface area contributed by atoms with Gasteiger partial charge in [-0.3, -0.25) is 4.79 Å². The molecule has 4 nitrogen and oxygen atoms in total. The third-order valence-electron chi connectivity index (χ3n) is 3.46. The van der Waals surface area contributed by atoms with Crippen molar-refractivity contribution in [1.29, 1.82) is 0 Å². The molecule has 4 heteroatoms. The number of pyridine rings is 1. The summed E-state index contributed by atoms with van der Waals surface area (Å²) in [4.78, 5) is 18.5. The molecule has 0 aliphatic rings. The van der Waals surface area contributed by atoms with E-state index in [0.717, 1.165) is 17.0 Å². The number of amides is 1. The highest BCUT2D eigenvalue weighted by atomic mass is 16.2. The minimum Gasteiger partial charge on any atom is -0.335 e. The van der Waals surface area contributed by atoms with Crippen LogP contribution in [-0.2, 0) is 11.2 Å². The maximum atomic E-state index is 12.3. The van der Waals surface area contributed by atoms with Gasteiger partial charge in [0.15, 0.2) is 0 Å². The first-order valence-corrected chi connectivity index (χ1v) is 7.09. The van der Waals surface area contributed by atoms with Crippen molar-refractivity contribution >= 4 is 11.6 Å². The largest absolute Gasteiger partial charge is 0.335 e. The van der Waals surface area contributed by atoms with Crippen molar-refractivity contribution in [2.45, 2.75) is 19.8 Å². The molecule has 0 spiro atoms. The molecule has 2 rings (SSSR count). The topological polar surface area (TPSA) is 37.6 Å². The Labute approximate surface area is 125 Å². The second kappa shape index (κ2) is 6.88. The second-order valence-electron chi connectivity index (χ2n) is 4.95. The van der Waals surface area contributed by atoms with Crippen LogP contribution in [0.25, 0.3) is 5.65 Å². The zero-order valence-corrected chi connectivity index (χ0v) is 12.5. The summed E-state index contributed by atoms with van der Waals surface area (Å²) in [6, 6.07) is 5.91. The lowest BCUT2D eigenvalue weighted by Crippen LogP contribution is -2.31. The van der Waals surface area contributed by atoms with Gasteiger partial charge in [0.25, 0.3) is 0 Å². The molecule has 0 unspecified atom stereocenters. The average Bonchev–Trinajstić information content (AvgIpc) is 2.80. The Hall–Kier alpha value is -2.36. The lowest BCUT2D eigenvalue weighted by molar-refractivity contribution is -0.130. The molecule has 0 radical (unpaired) electrons. The van der Waals surface area contributed by atoms with Gasteiger partial charge in [-0.05, 0) is 25.5 Å². The van der Waals surface area contributed by atoms with Gasteiger partial charge in [-0.1, -0.05) is 18.2 Å². The fraction of sp³-hybridized carbons (Fsp3) is 0.294. The Balaban J connectivity index is 2.10. The number of imidazole rings is 1. The number of carbonyl (C=O) groups excluding carboxylic acids is 1. The summed E-state index contributed by atoms with van der Waals surface area (Å²) in [6.45, 7) is 10.5. The van der Waals surface area contributed by atoms with E-state index < -0.39 is 0 Å². The molecule has 2 heterocycles. The summed E-state index contributed by atoms with van der Waals surface area (Å²) in [5.41, 5.74) is 3.00. The standard InChI is InChI=1S/C17H21N3O/c1-4-11-19(12-5-2)17(21)10-9-15-14(3)18-16-8-6-7-13-20(15)16/h4-8,13H,1-2,9-12H2,3H3. The van der Waals surface area contributed by atoms with Crippen molar-refractivity contribution in [3.8, 4) is 0 Å². The maximum Gasteiger partial charge on any atom is 0.223 e. The highest BCUT2D eigenvalue weighted by Gasteiger charge is 2.14. The van der Waals surface area contributed by atoms with Crippen molar-refractivity contribution in [3.05, 3.63) is 61.1 Å². The van der Waals surface area contributed by atoms with Crippen LogP contribution in [0.15, 0.2) is 49.7 Å². The molecule has 0 aliphatic heterocycles. The molecular formula is C17H21N3O. The van der Waals surface area contributed by atoms with Gasteiger partial charge in [0.05, 0.1) is 5.69 Å². The van der Waals surface area contributed by atoms with Crippen molar-refractivity contribution in [2.75, 3.05) is 13.1 Å². The van der Waals surface area contributed by atoms with Crippen LogP contribution in [0.1, 0.15) is 17.8 Å². The molecule has 0 aromatic carbocycles. The zero-order chi connectivity index (χ0) is 15.2. The summed E-state index contributed by atoms with van der Waals surface area (Å²) < 4.78 is 2.05. The SMILES string of the molecule is C=CCN(CC=C)C(=O)CCc1c(C)nc2ccccn12. The van der Waals surface area contributed by atoms with Gasteiger partial charge < -0.3 is 9.30 Å². The molecule has 0 N–H and O–H groups in total. The Kier molecular flexibility index (Phi) is 4.93. The van der Waals surface area contributed by atoms with Gasteiger partial charge in [-0.15, -0.1) is 13.2 Å². The molecule has 2 aromatic rings. The average molecular weight is 283 g/mol. The number of hydrogen-bond donors (Lipinski definition) is 0. The van der Waals surface area contributed by atoms with Crippen LogP contribution in [0.5, 0.6) is 0 Å². The predicted molar refractivity (Wildman–Crippen MR) is 85.2 cm³/mol. The van der Waals surface area contributed by atoms with E-state index >= 15 is 0 Å². The highest BCUT2D eigenvalue weighted by molar-refractivity contribution is 5.76. The molecule has 110 valence electrons. The van der Waals surface area contributed by atoms with E-state index in [-0.39, 0.29) is 5.91 Å². The van der Waals surface area contributed by atoms with E-state index in [1.54, 1.807) is 17.1 Å². The van der Waals surface area contributed by atoms with Crippen molar-refractivity contribution in [3.63, 3.8) is 0 Å². The van der Waals surface area contributed by atoms with Crippen LogP contribution in [0.3, 0.4) is 0 Å². The van der Waals surface area contributed by atoms with Crippen LogP contribution in [0.4, 0.5) is 0 Å². The molecule has 0 bridgehead atoms. The Bertz CT molecular complexity index is 647. The summed E-state index contributed by atoms with van der Waals surface area (Å²) in [7, 11) is 0. The first kappa shape index (κ1) is 15.0. The van der Waals surface area contributed by atoms with Crippen LogP contribution in [0.2, 0.25) is 0 Å². The quantitative estimate of drug-likeness (QED) is 0.733. The van der Waals surface area contributed by atoms with Crippen molar-refractivity contribution in [2.24, 2.45) is 0 Å². The fourth-order valence-corrected chi connectivity index (χ4v) is 2.44. The fourth-order valence-electron chi connectivity index (χ4n) is 2.44. The Morgan fingerprint density at radius 2 is 2.05 bits per heavy atom.